The van der Waals surface area contributed by atoms with E-state index in [0.29, 0.717) is 5.02 Å². The molecule has 1 N–H and O–H groups in total. The van der Waals surface area contributed by atoms with Crippen LogP contribution in [0.2, 0.25) is 5.02 Å². The van der Waals surface area contributed by atoms with Crippen molar-refractivity contribution in [3.63, 3.8) is 0 Å². The topological polar surface area (TPSA) is 35.8 Å². The third kappa shape index (κ3) is 2.74. The Kier molecular flexibility index (Phi) is 3.60. The molecule has 1 atom stereocenters. The van der Waals surface area contributed by atoms with E-state index in [9.17, 15) is 5.11 Å². The molecule has 1 heterocycles. The fourth-order valence-corrected chi connectivity index (χ4v) is 2.88. The van der Waals surface area contributed by atoms with E-state index in [1.807, 2.05) is 30.3 Å². The minimum atomic E-state index is 0.185. The highest BCUT2D eigenvalue weighted by Gasteiger charge is 2.21. The molecule has 0 aliphatic carbocycles. The standard InChI is InChI=1S/C17H17ClN2O/c1-11-10-20(2)16-8-5-13(18)9-15(16)17(19-11)12-3-6-14(21)7-4-12/h3-9,11,21H,10H2,1-2H3. The first-order chi connectivity index (χ1) is 10.0. The summed E-state index contributed by atoms with van der Waals surface area (Å²) in [6.45, 7) is 2.96. The number of likely N-dealkylation sites (N-methyl/N-ethyl adjacent to an activating group) is 1. The highest BCUT2D eigenvalue weighted by Crippen LogP contribution is 2.29. The van der Waals surface area contributed by atoms with Gasteiger partial charge in [-0.2, -0.15) is 0 Å². The molecule has 2 aromatic carbocycles. The number of aliphatic imine (C=N–C) groups is 1. The average Bonchev–Trinajstić information content (AvgIpc) is 2.56. The predicted molar refractivity (Wildman–Crippen MR) is 87.9 cm³/mol. The molecule has 21 heavy (non-hydrogen) atoms. The molecule has 0 saturated heterocycles. The maximum absolute atomic E-state index is 9.47. The fraction of sp³-hybridized carbons (Fsp3) is 0.235. The molecule has 0 aromatic heterocycles. The van der Waals surface area contributed by atoms with Crippen LogP contribution in [0.4, 0.5) is 5.69 Å². The van der Waals surface area contributed by atoms with E-state index < -0.39 is 0 Å². The SMILES string of the molecule is CC1CN(C)c2ccc(Cl)cc2C(c2ccc(O)cc2)=N1. The van der Waals surface area contributed by atoms with Crippen molar-refractivity contribution in [1.82, 2.24) is 0 Å². The van der Waals surface area contributed by atoms with Crippen molar-refractivity contribution in [3.8, 4) is 5.75 Å². The second-order valence-electron chi connectivity index (χ2n) is 5.42. The van der Waals surface area contributed by atoms with E-state index in [1.54, 1.807) is 12.1 Å². The van der Waals surface area contributed by atoms with Crippen molar-refractivity contribution in [2.75, 3.05) is 18.5 Å². The van der Waals surface area contributed by atoms with Gasteiger partial charge in [0.2, 0.25) is 0 Å². The van der Waals surface area contributed by atoms with Crippen molar-refractivity contribution in [3.05, 3.63) is 58.6 Å². The second kappa shape index (κ2) is 5.41. The lowest BCUT2D eigenvalue weighted by Crippen LogP contribution is -2.24. The van der Waals surface area contributed by atoms with E-state index in [-0.39, 0.29) is 11.8 Å². The molecule has 4 heteroatoms. The number of nitrogens with zero attached hydrogens (tertiary/aromatic N) is 2. The van der Waals surface area contributed by atoms with Crippen LogP contribution in [0.25, 0.3) is 0 Å². The number of rotatable bonds is 1. The number of anilines is 1. The molecule has 0 fully saturated rings. The molecule has 0 bridgehead atoms. The lowest BCUT2D eigenvalue weighted by Gasteiger charge is -2.21. The van der Waals surface area contributed by atoms with Gasteiger partial charge in [-0.3, -0.25) is 4.99 Å². The molecule has 0 saturated carbocycles. The largest absolute Gasteiger partial charge is 0.508 e. The van der Waals surface area contributed by atoms with Crippen molar-refractivity contribution in [2.24, 2.45) is 4.99 Å². The van der Waals surface area contributed by atoms with E-state index in [4.69, 9.17) is 16.6 Å². The molecular weight excluding hydrogens is 284 g/mol. The van der Waals surface area contributed by atoms with Gasteiger partial charge in [-0.15, -0.1) is 0 Å². The van der Waals surface area contributed by atoms with Gasteiger partial charge in [0.15, 0.2) is 0 Å². The van der Waals surface area contributed by atoms with E-state index in [0.717, 1.165) is 29.1 Å². The third-order valence-electron chi connectivity index (χ3n) is 3.65. The summed E-state index contributed by atoms with van der Waals surface area (Å²) in [5, 5.41) is 10.2. The molecule has 1 aliphatic rings. The minimum Gasteiger partial charge on any atom is -0.508 e. The number of aromatic hydroxyl groups is 1. The van der Waals surface area contributed by atoms with Crippen molar-refractivity contribution in [1.29, 1.82) is 0 Å². The van der Waals surface area contributed by atoms with Gasteiger partial charge in [0.1, 0.15) is 5.75 Å². The molecule has 0 spiro atoms. The van der Waals surface area contributed by atoms with Gasteiger partial charge in [-0.1, -0.05) is 11.6 Å². The molecule has 0 amide bonds. The van der Waals surface area contributed by atoms with Gasteiger partial charge in [0.25, 0.3) is 0 Å². The van der Waals surface area contributed by atoms with Gasteiger partial charge < -0.3 is 10.0 Å². The molecule has 3 rings (SSSR count). The number of phenols is 1. The number of halogens is 1. The van der Waals surface area contributed by atoms with Crippen LogP contribution in [0.5, 0.6) is 5.75 Å². The van der Waals surface area contributed by atoms with Crippen LogP contribution in [0.3, 0.4) is 0 Å². The molecular formula is C17H17ClN2O. The molecule has 3 nitrogen and oxygen atoms in total. The number of benzene rings is 2. The molecule has 108 valence electrons. The smallest absolute Gasteiger partial charge is 0.115 e. The van der Waals surface area contributed by atoms with E-state index in [1.165, 1.54) is 0 Å². The van der Waals surface area contributed by atoms with Crippen LogP contribution in [0, 0.1) is 0 Å². The van der Waals surface area contributed by atoms with Crippen LogP contribution >= 0.6 is 11.6 Å². The lowest BCUT2D eigenvalue weighted by atomic mass is 10.00. The van der Waals surface area contributed by atoms with Gasteiger partial charge in [-0.25, -0.2) is 0 Å². The zero-order valence-electron chi connectivity index (χ0n) is 12.0. The van der Waals surface area contributed by atoms with Crippen LogP contribution in [-0.4, -0.2) is 30.5 Å². The Morgan fingerprint density at radius 3 is 2.62 bits per heavy atom. The summed E-state index contributed by atoms with van der Waals surface area (Å²) in [7, 11) is 2.07. The van der Waals surface area contributed by atoms with Crippen LogP contribution in [0.1, 0.15) is 18.1 Å². The summed E-state index contributed by atoms with van der Waals surface area (Å²) in [5.41, 5.74) is 4.05. The van der Waals surface area contributed by atoms with Crippen LogP contribution in [-0.2, 0) is 0 Å². The maximum Gasteiger partial charge on any atom is 0.115 e. The molecule has 1 aliphatic heterocycles. The number of phenolic OH excluding ortho intramolecular Hbond substituents is 1. The Morgan fingerprint density at radius 2 is 1.90 bits per heavy atom. The van der Waals surface area contributed by atoms with Crippen molar-refractivity contribution in [2.45, 2.75) is 13.0 Å². The van der Waals surface area contributed by atoms with E-state index in [2.05, 4.69) is 18.9 Å². The number of hydrogen-bond donors (Lipinski definition) is 1. The Bertz CT molecular complexity index is 694. The van der Waals surface area contributed by atoms with Crippen LogP contribution < -0.4 is 4.90 Å². The maximum atomic E-state index is 9.47. The zero-order valence-corrected chi connectivity index (χ0v) is 12.8. The Morgan fingerprint density at radius 1 is 1.19 bits per heavy atom. The number of benzodiazepines with no additional fused rings is 1. The summed E-state index contributed by atoms with van der Waals surface area (Å²) in [6.07, 6.45) is 0. The van der Waals surface area contributed by atoms with Gasteiger partial charge in [0.05, 0.1) is 11.8 Å². The average molecular weight is 301 g/mol. The van der Waals surface area contributed by atoms with Gasteiger partial charge >= 0.3 is 0 Å². The summed E-state index contributed by atoms with van der Waals surface area (Å²) >= 11 is 6.18. The number of fused-ring (bicyclic) bond motifs is 1. The Labute approximate surface area is 129 Å². The quantitative estimate of drug-likeness (QED) is 0.871. The zero-order chi connectivity index (χ0) is 15.0. The monoisotopic (exact) mass is 300 g/mol. The first kappa shape index (κ1) is 14.0. The second-order valence-corrected chi connectivity index (χ2v) is 5.85. The normalized spacial score (nSPS) is 18.0. The summed E-state index contributed by atoms with van der Waals surface area (Å²) in [4.78, 5) is 7.05. The molecule has 2 aromatic rings. The minimum absolute atomic E-state index is 0.185. The third-order valence-corrected chi connectivity index (χ3v) is 3.89. The Balaban J connectivity index is 2.20. The molecule has 0 radical (unpaired) electrons. The van der Waals surface area contributed by atoms with Gasteiger partial charge in [0, 0.05) is 35.4 Å². The highest BCUT2D eigenvalue weighted by atomic mass is 35.5. The summed E-state index contributed by atoms with van der Waals surface area (Å²) in [5.74, 6) is 0.254. The lowest BCUT2D eigenvalue weighted by molar-refractivity contribution is 0.475. The highest BCUT2D eigenvalue weighted by molar-refractivity contribution is 6.31. The number of hydrogen-bond acceptors (Lipinski definition) is 3. The van der Waals surface area contributed by atoms with Crippen LogP contribution in [0.15, 0.2) is 47.5 Å². The fourth-order valence-electron chi connectivity index (χ4n) is 2.71. The first-order valence-electron chi connectivity index (χ1n) is 6.93. The Hall–Kier alpha value is -2.00. The molecule has 1 unspecified atom stereocenters. The van der Waals surface area contributed by atoms with Crippen molar-refractivity contribution < 1.29 is 5.11 Å². The first-order valence-corrected chi connectivity index (χ1v) is 7.30. The summed E-state index contributed by atoms with van der Waals surface area (Å²) < 4.78 is 0. The van der Waals surface area contributed by atoms with E-state index >= 15 is 0 Å². The van der Waals surface area contributed by atoms with Gasteiger partial charge in [-0.05, 0) is 49.4 Å². The predicted octanol–water partition coefficient (Wildman–Crippen LogP) is 3.72. The van der Waals surface area contributed by atoms with Crippen molar-refractivity contribution >= 4 is 23.0 Å². The summed E-state index contributed by atoms with van der Waals surface area (Å²) in [6, 6.07) is 13.2.